The Morgan fingerprint density at radius 2 is 2.00 bits per heavy atom. The Hall–Kier alpha value is -2.34. The molecule has 0 bridgehead atoms. The van der Waals surface area contributed by atoms with Crippen molar-refractivity contribution in [3.05, 3.63) is 57.6 Å². The van der Waals surface area contributed by atoms with Crippen molar-refractivity contribution in [1.29, 1.82) is 0 Å². The van der Waals surface area contributed by atoms with Crippen molar-refractivity contribution in [3.63, 3.8) is 0 Å². The van der Waals surface area contributed by atoms with Gasteiger partial charge in [-0.1, -0.05) is 34.1 Å². The maximum absolute atomic E-state index is 11.8. The van der Waals surface area contributed by atoms with Gasteiger partial charge >= 0.3 is 0 Å². The van der Waals surface area contributed by atoms with Crippen molar-refractivity contribution < 1.29 is 14.6 Å². The van der Waals surface area contributed by atoms with E-state index in [9.17, 15) is 9.90 Å². The summed E-state index contributed by atoms with van der Waals surface area (Å²) in [5.41, 5.74) is 4.81. The van der Waals surface area contributed by atoms with Gasteiger partial charge in [-0.3, -0.25) is 4.79 Å². The molecule has 0 aliphatic rings. The number of hydrogen-bond acceptors (Lipinski definition) is 4. The molecule has 0 aliphatic carbocycles. The van der Waals surface area contributed by atoms with Crippen molar-refractivity contribution in [1.82, 2.24) is 5.43 Å². The minimum atomic E-state index is -0.376. The number of ether oxygens (including phenoxy) is 1. The SMILES string of the molecule is Cc1cccc(C)c1OCC(=O)NN=Cc1cc(Br)ccc1O. The number of halogens is 1. The van der Waals surface area contributed by atoms with Crippen LogP contribution in [0.3, 0.4) is 0 Å². The lowest BCUT2D eigenvalue weighted by atomic mass is 10.1. The summed E-state index contributed by atoms with van der Waals surface area (Å²) < 4.78 is 6.34. The molecule has 0 atom stereocenters. The molecule has 120 valence electrons. The molecule has 1 amide bonds. The average molecular weight is 377 g/mol. The van der Waals surface area contributed by atoms with Gasteiger partial charge in [-0.05, 0) is 43.2 Å². The third kappa shape index (κ3) is 4.82. The molecule has 5 nitrogen and oxygen atoms in total. The van der Waals surface area contributed by atoms with Crippen LogP contribution >= 0.6 is 15.9 Å². The predicted molar refractivity (Wildman–Crippen MR) is 93.0 cm³/mol. The molecule has 0 saturated carbocycles. The Morgan fingerprint density at radius 1 is 1.30 bits per heavy atom. The zero-order valence-corrected chi connectivity index (χ0v) is 14.4. The number of hydrogen-bond donors (Lipinski definition) is 2. The second-order valence-corrected chi connectivity index (χ2v) is 5.92. The van der Waals surface area contributed by atoms with Crippen LogP contribution in [0.25, 0.3) is 0 Å². The fraction of sp³-hybridized carbons (Fsp3) is 0.176. The molecule has 2 N–H and O–H groups in total. The number of carbonyl (C=O) groups excluding carboxylic acids is 1. The number of para-hydroxylation sites is 1. The van der Waals surface area contributed by atoms with Crippen LogP contribution in [0.15, 0.2) is 46.0 Å². The van der Waals surface area contributed by atoms with Gasteiger partial charge in [0, 0.05) is 10.0 Å². The van der Waals surface area contributed by atoms with Crippen molar-refractivity contribution in [2.75, 3.05) is 6.61 Å². The highest BCUT2D eigenvalue weighted by Crippen LogP contribution is 2.22. The van der Waals surface area contributed by atoms with E-state index in [0.717, 1.165) is 15.6 Å². The first-order valence-corrected chi connectivity index (χ1v) is 7.76. The minimum Gasteiger partial charge on any atom is -0.507 e. The maximum atomic E-state index is 11.8. The van der Waals surface area contributed by atoms with E-state index in [1.807, 2.05) is 32.0 Å². The molecule has 23 heavy (non-hydrogen) atoms. The Labute approximate surface area is 143 Å². The third-order valence-corrected chi connectivity index (χ3v) is 3.63. The summed E-state index contributed by atoms with van der Waals surface area (Å²) in [6.07, 6.45) is 1.37. The number of hydrazone groups is 1. The molecule has 0 heterocycles. The van der Waals surface area contributed by atoms with Crippen LogP contribution in [-0.2, 0) is 4.79 Å². The number of amides is 1. The smallest absolute Gasteiger partial charge is 0.277 e. The molecule has 0 saturated heterocycles. The van der Waals surface area contributed by atoms with Gasteiger partial charge in [0.15, 0.2) is 6.61 Å². The average Bonchev–Trinajstić information content (AvgIpc) is 2.50. The summed E-state index contributed by atoms with van der Waals surface area (Å²) in [5, 5.41) is 13.5. The number of phenolic OH excluding ortho intramolecular Hbond substituents is 1. The molecule has 0 spiro atoms. The van der Waals surface area contributed by atoms with E-state index in [2.05, 4.69) is 26.5 Å². The molecule has 0 aromatic heterocycles. The van der Waals surface area contributed by atoms with Crippen molar-refractivity contribution in [2.24, 2.45) is 5.10 Å². The first kappa shape index (κ1) is 17.0. The number of phenols is 1. The quantitative estimate of drug-likeness (QED) is 0.621. The molecule has 0 unspecified atom stereocenters. The van der Waals surface area contributed by atoms with Crippen molar-refractivity contribution >= 4 is 28.1 Å². The van der Waals surface area contributed by atoms with Gasteiger partial charge < -0.3 is 9.84 Å². The lowest BCUT2D eigenvalue weighted by Crippen LogP contribution is -2.25. The lowest BCUT2D eigenvalue weighted by Gasteiger charge is -2.10. The number of aromatic hydroxyl groups is 1. The number of aryl methyl sites for hydroxylation is 2. The van der Waals surface area contributed by atoms with Crippen molar-refractivity contribution in [3.8, 4) is 11.5 Å². The molecule has 0 radical (unpaired) electrons. The van der Waals surface area contributed by atoms with Gasteiger partial charge in [-0.25, -0.2) is 5.43 Å². The number of carbonyl (C=O) groups is 1. The van der Waals surface area contributed by atoms with Crippen molar-refractivity contribution in [2.45, 2.75) is 13.8 Å². The van der Waals surface area contributed by atoms with Crippen LogP contribution < -0.4 is 10.2 Å². The number of benzene rings is 2. The molecule has 6 heteroatoms. The summed E-state index contributed by atoms with van der Waals surface area (Å²) in [5.74, 6) is 0.410. The second kappa shape index (κ2) is 7.78. The predicted octanol–water partition coefficient (Wildman–Crippen LogP) is 3.30. The maximum Gasteiger partial charge on any atom is 0.277 e. The first-order valence-electron chi connectivity index (χ1n) is 6.97. The molecule has 0 fully saturated rings. The van der Waals surface area contributed by atoms with Crippen LogP contribution in [0.1, 0.15) is 16.7 Å². The van der Waals surface area contributed by atoms with E-state index in [1.165, 1.54) is 12.3 Å². The van der Waals surface area contributed by atoms with Crippen LogP contribution in [0.2, 0.25) is 0 Å². The normalized spacial score (nSPS) is 10.7. The van der Waals surface area contributed by atoms with Crippen LogP contribution in [-0.4, -0.2) is 23.8 Å². The van der Waals surface area contributed by atoms with Crippen LogP contribution in [0.5, 0.6) is 11.5 Å². The van der Waals surface area contributed by atoms with E-state index < -0.39 is 0 Å². The Kier molecular flexibility index (Phi) is 5.76. The summed E-state index contributed by atoms with van der Waals surface area (Å²) in [4.78, 5) is 11.8. The van der Waals surface area contributed by atoms with Gasteiger partial charge in [0.1, 0.15) is 11.5 Å². The highest BCUT2D eigenvalue weighted by molar-refractivity contribution is 9.10. The highest BCUT2D eigenvalue weighted by atomic mass is 79.9. The topological polar surface area (TPSA) is 70.9 Å². The van der Waals surface area contributed by atoms with E-state index >= 15 is 0 Å². The summed E-state index contributed by atoms with van der Waals surface area (Å²) in [6, 6.07) is 10.7. The minimum absolute atomic E-state index is 0.0815. The van der Waals surface area contributed by atoms with E-state index in [0.29, 0.717) is 11.3 Å². The zero-order chi connectivity index (χ0) is 16.8. The molecule has 2 aromatic carbocycles. The molecule has 2 aromatic rings. The van der Waals surface area contributed by atoms with Crippen LogP contribution in [0, 0.1) is 13.8 Å². The first-order chi connectivity index (χ1) is 11.0. The molecular weight excluding hydrogens is 360 g/mol. The van der Waals surface area contributed by atoms with Gasteiger partial charge in [0.05, 0.1) is 6.21 Å². The summed E-state index contributed by atoms with van der Waals surface area (Å²) >= 11 is 3.30. The highest BCUT2D eigenvalue weighted by Gasteiger charge is 2.06. The Balaban J connectivity index is 1.90. The Bertz CT molecular complexity index is 724. The number of rotatable bonds is 5. The van der Waals surface area contributed by atoms with E-state index in [1.54, 1.807) is 12.1 Å². The van der Waals surface area contributed by atoms with Gasteiger partial charge in [0.25, 0.3) is 5.91 Å². The fourth-order valence-corrected chi connectivity index (χ4v) is 2.38. The third-order valence-electron chi connectivity index (χ3n) is 3.14. The number of nitrogens with one attached hydrogen (secondary N) is 1. The van der Waals surface area contributed by atoms with Gasteiger partial charge in [0.2, 0.25) is 0 Å². The Morgan fingerprint density at radius 3 is 2.70 bits per heavy atom. The summed E-state index contributed by atoms with van der Waals surface area (Å²) in [6.45, 7) is 3.72. The van der Waals surface area contributed by atoms with E-state index in [-0.39, 0.29) is 18.3 Å². The largest absolute Gasteiger partial charge is 0.507 e. The summed E-state index contributed by atoms with van der Waals surface area (Å²) in [7, 11) is 0. The standard InChI is InChI=1S/C17H17BrN2O3/c1-11-4-3-5-12(2)17(11)23-10-16(22)20-19-9-13-8-14(18)6-7-15(13)21/h3-9,21H,10H2,1-2H3,(H,20,22). The number of nitrogens with zero attached hydrogens (tertiary/aromatic N) is 1. The molecular formula is C17H17BrN2O3. The van der Waals surface area contributed by atoms with Gasteiger partial charge in [-0.15, -0.1) is 0 Å². The van der Waals surface area contributed by atoms with Gasteiger partial charge in [-0.2, -0.15) is 5.10 Å². The molecule has 0 aliphatic heterocycles. The fourth-order valence-electron chi connectivity index (χ4n) is 2.00. The monoisotopic (exact) mass is 376 g/mol. The second-order valence-electron chi connectivity index (χ2n) is 5.01. The lowest BCUT2D eigenvalue weighted by molar-refractivity contribution is -0.123. The van der Waals surface area contributed by atoms with Crippen LogP contribution in [0.4, 0.5) is 0 Å². The zero-order valence-electron chi connectivity index (χ0n) is 12.8. The molecule has 2 rings (SSSR count). The van der Waals surface area contributed by atoms with E-state index in [4.69, 9.17) is 4.74 Å².